The first-order valence-electron chi connectivity index (χ1n) is 4.37. The molecule has 1 aromatic carbocycles. The highest BCUT2D eigenvalue weighted by atomic mass is 16.5. The molecule has 0 amide bonds. The van der Waals surface area contributed by atoms with Crippen molar-refractivity contribution in [1.29, 1.82) is 0 Å². The van der Waals surface area contributed by atoms with Gasteiger partial charge in [-0.1, -0.05) is 5.16 Å². The van der Waals surface area contributed by atoms with E-state index >= 15 is 0 Å². The van der Waals surface area contributed by atoms with Crippen LogP contribution in [0.2, 0.25) is 0 Å². The maximum absolute atomic E-state index is 10.4. The SMILES string of the molecule is COc1ccc(C=NO)cc1OCC(=O)O. The van der Waals surface area contributed by atoms with Crippen LogP contribution in [-0.4, -0.2) is 36.2 Å². The van der Waals surface area contributed by atoms with Crippen molar-refractivity contribution >= 4 is 12.2 Å². The molecule has 6 heteroatoms. The molecule has 0 saturated carbocycles. The number of carboxylic acids is 1. The zero-order chi connectivity index (χ0) is 12.0. The van der Waals surface area contributed by atoms with Crippen molar-refractivity contribution in [2.24, 2.45) is 5.16 Å². The fourth-order valence-corrected chi connectivity index (χ4v) is 1.09. The summed E-state index contributed by atoms with van der Waals surface area (Å²) in [6.07, 6.45) is 1.20. The fraction of sp³-hybridized carbons (Fsp3) is 0.200. The molecule has 0 aliphatic rings. The maximum Gasteiger partial charge on any atom is 0.341 e. The van der Waals surface area contributed by atoms with Gasteiger partial charge in [0.05, 0.1) is 13.3 Å². The van der Waals surface area contributed by atoms with Crippen molar-refractivity contribution in [3.05, 3.63) is 23.8 Å². The molecule has 0 aromatic heterocycles. The summed E-state index contributed by atoms with van der Waals surface area (Å²) in [5.74, 6) is -0.387. The third-order valence-corrected chi connectivity index (χ3v) is 1.75. The second-order valence-corrected chi connectivity index (χ2v) is 2.84. The minimum atomic E-state index is -1.08. The van der Waals surface area contributed by atoms with E-state index in [0.717, 1.165) is 0 Å². The van der Waals surface area contributed by atoms with Crippen LogP contribution in [-0.2, 0) is 4.79 Å². The van der Waals surface area contributed by atoms with Gasteiger partial charge in [0.25, 0.3) is 0 Å². The molecule has 0 unspecified atom stereocenters. The van der Waals surface area contributed by atoms with Gasteiger partial charge in [0.2, 0.25) is 0 Å². The lowest BCUT2D eigenvalue weighted by Crippen LogP contribution is -2.10. The number of nitrogens with zero attached hydrogens (tertiary/aromatic N) is 1. The predicted octanol–water partition coefficient (Wildman–Crippen LogP) is 0.967. The van der Waals surface area contributed by atoms with E-state index in [1.165, 1.54) is 19.4 Å². The van der Waals surface area contributed by atoms with Crippen molar-refractivity contribution in [3.8, 4) is 11.5 Å². The summed E-state index contributed by atoms with van der Waals surface area (Å²) in [7, 11) is 1.45. The molecule has 2 N–H and O–H groups in total. The smallest absolute Gasteiger partial charge is 0.341 e. The Balaban J connectivity index is 2.92. The van der Waals surface area contributed by atoms with E-state index in [2.05, 4.69) is 5.16 Å². The van der Waals surface area contributed by atoms with E-state index in [1.807, 2.05) is 0 Å². The van der Waals surface area contributed by atoms with Gasteiger partial charge in [0.15, 0.2) is 18.1 Å². The number of hydrogen-bond acceptors (Lipinski definition) is 5. The Labute approximate surface area is 91.7 Å². The number of benzene rings is 1. The maximum atomic E-state index is 10.4. The van der Waals surface area contributed by atoms with Gasteiger partial charge >= 0.3 is 5.97 Å². The third-order valence-electron chi connectivity index (χ3n) is 1.75. The first kappa shape index (κ1) is 11.8. The summed E-state index contributed by atoms with van der Waals surface area (Å²) in [5, 5.41) is 19.7. The first-order valence-corrected chi connectivity index (χ1v) is 4.37. The van der Waals surface area contributed by atoms with Gasteiger partial charge < -0.3 is 19.8 Å². The van der Waals surface area contributed by atoms with Crippen LogP contribution in [0.3, 0.4) is 0 Å². The van der Waals surface area contributed by atoms with Gasteiger partial charge in [0.1, 0.15) is 0 Å². The zero-order valence-electron chi connectivity index (χ0n) is 8.58. The van der Waals surface area contributed by atoms with E-state index in [4.69, 9.17) is 19.8 Å². The number of carboxylic acid groups (broad SMARTS) is 1. The quantitative estimate of drug-likeness (QED) is 0.442. The van der Waals surface area contributed by atoms with Crippen LogP contribution in [0.5, 0.6) is 11.5 Å². The average Bonchev–Trinajstić information content (AvgIpc) is 2.27. The molecule has 0 aliphatic carbocycles. The number of hydrogen-bond donors (Lipinski definition) is 2. The molecule has 0 bridgehead atoms. The molecule has 0 atom stereocenters. The van der Waals surface area contributed by atoms with Crippen LogP contribution in [0.1, 0.15) is 5.56 Å². The van der Waals surface area contributed by atoms with Crippen LogP contribution < -0.4 is 9.47 Å². The minimum Gasteiger partial charge on any atom is -0.493 e. The van der Waals surface area contributed by atoms with Gasteiger partial charge in [-0.3, -0.25) is 0 Å². The second kappa shape index (κ2) is 5.59. The number of aliphatic carboxylic acids is 1. The van der Waals surface area contributed by atoms with Crippen molar-refractivity contribution in [3.63, 3.8) is 0 Å². The van der Waals surface area contributed by atoms with Gasteiger partial charge in [-0.2, -0.15) is 0 Å². The van der Waals surface area contributed by atoms with E-state index < -0.39 is 12.6 Å². The molecule has 0 radical (unpaired) electrons. The van der Waals surface area contributed by atoms with Crippen molar-refractivity contribution in [2.75, 3.05) is 13.7 Å². The molecule has 6 nitrogen and oxygen atoms in total. The second-order valence-electron chi connectivity index (χ2n) is 2.84. The molecule has 0 spiro atoms. The molecular weight excluding hydrogens is 214 g/mol. The third kappa shape index (κ3) is 3.16. The van der Waals surface area contributed by atoms with Gasteiger partial charge in [-0.25, -0.2) is 4.79 Å². The highest BCUT2D eigenvalue weighted by molar-refractivity contribution is 5.80. The molecule has 0 heterocycles. The molecular formula is C10H11NO5. The summed E-state index contributed by atoms with van der Waals surface area (Å²) >= 11 is 0. The molecule has 1 rings (SSSR count). The lowest BCUT2D eigenvalue weighted by molar-refractivity contribution is -0.139. The Morgan fingerprint density at radius 2 is 2.25 bits per heavy atom. The number of methoxy groups -OCH3 is 1. The Kier molecular flexibility index (Phi) is 4.14. The number of rotatable bonds is 5. The van der Waals surface area contributed by atoms with Crippen LogP contribution in [0, 0.1) is 0 Å². The van der Waals surface area contributed by atoms with Gasteiger partial charge in [-0.15, -0.1) is 0 Å². The summed E-state index contributed by atoms with van der Waals surface area (Å²) in [6.45, 7) is -0.462. The first-order chi connectivity index (χ1) is 7.67. The van der Waals surface area contributed by atoms with E-state index in [9.17, 15) is 4.79 Å². The van der Waals surface area contributed by atoms with Gasteiger partial charge in [0, 0.05) is 5.56 Å². The molecule has 86 valence electrons. The van der Waals surface area contributed by atoms with Crippen LogP contribution in [0.25, 0.3) is 0 Å². The fourth-order valence-electron chi connectivity index (χ4n) is 1.09. The molecule has 1 aromatic rings. The summed E-state index contributed by atoms with van der Waals surface area (Å²) in [6, 6.07) is 4.75. The monoisotopic (exact) mass is 225 g/mol. The van der Waals surface area contributed by atoms with Crippen molar-refractivity contribution < 1.29 is 24.6 Å². The Morgan fingerprint density at radius 1 is 1.50 bits per heavy atom. The van der Waals surface area contributed by atoms with Crippen molar-refractivity contribution in [2.45, 2.75) is 0 Å². The number of ether oxygens (including phenoxy) is 2. The Hall–Kier alpha value is -2.24. The topological polar surface area (TPSA) is 88.4 Å². The average molecular weight is 225 g/mol. The summed E-state index contributed by atoms with van der Waals surface area (Å²) in [4.78, 5) is 10.4. The lowest BCUT2D eigenvalue weighted by Gasteiger charge is -2.09. The summed E-state index contributed by atoms with van der Waals surface area (Å²) in [5.41, 5.74) is 0.573. The molecule has 16 heavy (non-hydrogen) atoms. The van der Waals surface area contributed by atoms with Crippen molar-refractivity contribution in [1.82, 2.24) is 0 Å². The van der Waals surface area contributed by atoms with E-state index in [0.29, 0.717) is 11.3 Å². The molecule has 0 fully saturated rings. The summed E-state index contributed by atoms with van der Waals surface area (Å²) < 4.78 is 9.99. The number of carbonyl (C=O) groups is 1. The lowest BCUT2D eigenvalue weighted by atomic mass is 10.2. The Bertz CT molecular complexity index is 402. The highest BCUT2D eigenvalue weighted by Crippen LogP contribution is 2.27. The van der Waals surface area contributed by atoms with Crippen LogP contribution >= 0.6 is 0 Å². The largest absolute Gasteiger partial charge is 0.493 e. The predicted molar refractivity (Wildman–Crippen MR) is 55.5 cm³/mol. The van der Waals surface area contributed by atoms with Gasteiger partial charge in [-0.05, 0) is 18.2 Å². The normalized spacial score (nSPS) is 10.3. The van der Waals surface area contributed by atoms with E-state index in [-0.39, 0.29) is 5.75 Å². The minimum absolute atomic E-state index is 0.280. The standard InChI is InChI=1S/C10H11NO5/c1-15-8-3-2-7(5-11-14)4-9(8)16-6-10(12)13/h2-5,14H,6H2,1H3,(H,12,13). The molecule has 0 saturated heterocycles. The molecule has 0 aliphatic heterocycles. The highest BCUT2D eigenvalue weighted by Gasteiger charge is 2.07. The van der Waals surface area contributed by atoms with Crippen LogP contribution in [0.4, 0.5) is 0 Å². The Morgan fingerprint density at radius 3 is 2.81 bits per heavy atom. The van der Waals surface area contributed by atoms with E-state index in [1.54, 1.807) is 12.1 Å². The van der Waals surface area contributed by atoms with Crippen LogP contribution in [0.15, 0.2) is 23.4 Å². The number of oxime groups is 1. The zero-order valence-corrected chi connectivity index (χ0v) is 8.58.